The van der Waals surface area contributed by atoms with Gasteiger partial charge in [-0.15, -0.1) is 0 Å². The summed E-state index contributed by atoms with van der Waals surface area (Å²) in [5.74, 6) is 0. The average molecular weight is 391 g/mol. The minimum Gasteiger partial charge on any atom is -0.381 e. The van der Waals surface area contributed by atoms with Gasteiger partial charge in [-0.25, -0.2) is 13.6 Å². The summed E-state index contributed by atoms with van der Waals surface area (Å²) in [5, 5.41) is 19.8. The summed E-state index contributed by atoms with van der Waals surface area (Å²) in [6.07, 6.45) is 1.51. The van der Waals surface area contributed by atoms with Crippen LogP contribution in [0.25, 0.3) is 0 Å². The van der Waals surface area contributed by atoms with E-state index in [-0.39, 0.29) is 11.1 Å². The quantitative estimate of drug-likeness (QED) is 0.575. The number of hydrogen-bond acceptors (Lipinski definition) is 6. The van der Waals surface area contributed by atoms with Gasteiger partial charge >= 0.3 is 5.69 Å². The Hall–Kier alpha value is -2.49. The van der Waals surface area contributed by atoms with Crippen molar-refractivity contribution in [3.8, 4) is 0 Å². The van der Waals surface area contributed by atoms with E-state index in [0.29, 0.717) is 19.8 Å². The second kappa shape index (κ2) is 7.63. The maximum Gasteiger partial charge on any atom is 0.312 e. The first kappa shape index (κ1) is 19.3. The summed E-state index contributed by atoms with van der Waals surface area (Å²) in [4.78, 5) is 10.3. The van der Waals surface area contributed by atoms with Crippen molar-refractivity contribution >= 4 is 21.4 Å². The predicted octanol–water partition coefficient (Wildman–Crippen LogP) is 2.40. The third-order valence-corrected chi connectivity index (χ3v) is 5.88. The first-order valence-corrected chi connectivity index (χ1v) is 10.1. The lowest BCUT2D eigenvalue weighted by Gasteiger charge is -2.38. The molecule has 1 aliphatic rings. The van der Waals surface area contributed by atoms with E-state index in [4.69, 9.17) is 9.88 Å². The van der Waals surface area contributed by atoms with Crippen LogP contribution in [0.1, 0.15) is 18.4 Å². The Morgan fingerprint density at radius 2 is 1.78 bits per heavy atom. The number of nitrogens with one attached hydrogen (secondary N) is 1. The Bertz CT molecular complexity index is 925. The summed E-state index contributed by atoms with van der Waals surface area (Å²) in [5.41, 5.74) is 0.458. The molecular formula is C18H21N3O5S. The maximum atomic E-state index is 11.7. The minimum atomic E-state index is -4.21. The van der Waals surface area contributed by atoms with Crippen LogP contribution in [0.2, 0.25) is 0 Å². The number of para-hydroxylation sites is 1. The lowest BCUT2D eigenvalue weighted by molar-refractivity contribution is -0.386. The Morgan fingerprint density at radius 1 is 1.11 bits per heavy atom. The molecular weight excluding hydrogens is 370 g/mol. The van der Waals surface area contributed by atoms with Crippen LogP contribution in [0.15, 0.2) is 53.4 Å². The molecule has 0 aromatic heterocycles. The van der Waals surface area contributed by atoms with E-state index in [0.717, 1.165) is 24.5 Å². The lowest BCUT2D eigenvalue weighted by atomic mass is 9.74. The molecule has 27 heavy (non-hydrogen) atoms. The topological polar surface area (TPSA) is 125 Å². The number of sulfonamides is 1. The standard InChI is InChI=1S/C18H21N3O5S/c19-27(24,25)16-8-4-7-15(17(16)21(22)23)20-13-18(9-11-26-12-10-18)14-5-2-1-3-6-14/h1-8,20H,9-13H2,(H2,19,24,25). The van der Waals surface area contributed by atoms with Crippen LogP contribution in [0.4, 0.5) is 11.4 Å². The second-order valence-corrected chi connectivity index (χ2v) is 8.10. The zero-order chi connectivity index (χ0) is 19.5. The molecule has 2 aromatic carbocycles. The molecule has 0 atom stereocenters. The number of rotatable bonds is 6. The number of nitrogens with zero attached hydrogens (tertiary/aromatic N) is 1. The Morgan fingerprint density at radius 3 is 2.37 bits per heavy atom. The second-order valence-electron chi connectivity index (χ2n) is 6.57. The molecule has 1 heterocycles. The van der Waals surface area contributed by atoms with Crippen molar-refractivity contribution in [2.45, 2.75) is 23.2 Å². The summed E-state index contributed by atoms with van der Waals surface area (Å²) in [6.45, 7) is 1.60. The van der Waals surface area contributed by atoms with Crippen LogP contribution in [-0.4, -0.2) is 33.1 Å². The minimum absolute atomic E-state index is 0.133. The zero-order valence-corrected chi connectivity index (χ0v) is 15.4. The molecule has 0 bridgehead atoms. The van der Waals surface area contributed by atoms with Crippen LogP contribution in [0.3, 0.4) is 0 Å². The fraction of sp³-hybridized carbons (Fsp3) is 0.333. The van der Waals surface area contributed by atoms with Gasteiger partial charge in [0.15, 0.2) is 4.90 Å². The highest BCUT2D eigenvalue weighted by atomic mass is 32.2. The fourth-order valence-corrected chi connectivity index (χ4v) is 4.19. The van der Waals surface area contributed by atoms with E-state index < -0.39 is 25.5 Å². The number of nitrogens with two attached hydrogens (primary N) is 1. The van der Waals surface area contributed by atoms with Gasteiger partial charge in [0, 0.05) is 25.2 Å². The van der Waals surface area contributed by atoms with Crippen molar-refractivity contribution in [2.75, 3.05) is 25.1 Å². The average Bonchev–Trinajstić information content (AvgIpc) is 2.66. The van der Waals surface area contributed by atoms with Crippen LogP contribution in [0, 0.1) is 10.1 Å². The summed E-state index contributed by atoms with van der Waals surface area (Å²) in [7, 11) is -4.21. The van der Waals surface area contributed by atoms with E-state index in [9.17, 15) is 18.5 Å². The molecule has 0 radical (unpaired) electrons. The first-order valence-electron chi connectivity index (χ1n) is 8.51. The van der Waals surface area contributed by atoms with Gasteiger partial charge in [-0.1, -0.05) is 36.4 Å². The lowest BCUT2D eigenvalue weighted by Crippen LogP contribution is -2.40. The Balaban J connectivity index is 1.96. The van der Waals surface area contributed by atoms with Gasteiger partial charge in [0.25, 0.3) is 0 Å². The highest BCUT2D eigenvalue weighted by molar-refractivity contribution is 7.89. The number of hydrogen-bond donors (Lipinski definition) is 2. The van der Waals surface area contributed by atoms with Gasteiger partial charge in [0.2, 0.25) is 10.0 Å². The van der Waals surface area contributed by atoms with Crippen LogP contribution >= 0.6 is 0 Å². The third kappa shape index (κ3) is 4.10. The predicted molar refractivity (Wildman–Crippen MR) is 101 cm³/mol. The number of nitro benzene ring substituents is 1. The van der Waals surface area contributed by atoms with E-state index in [1.54, 1.807) is 0 Å². The van der Waals surface area contributed by atoms with Crippen LogP contribution in [-0.2, 0) is 20.2 Å². The van der Waals surface area contributed by atoms with Gasteiger partial charge in [0.05, 0.1) is 4.92 Å². The number of ether oxygens (including phenoxy) is 1. The van der Waals surface area contributed by atoms with Crippen molar-refractivity contribution in [1.29, 1.82) is 0 Å². The molecule has 2 aromatic rings. The number of anilines is 1. The van der Waals surface area contributed by atoms with Crippen molar-refractivity contribution in [1.82, 2.24) is 0 Å². The molecule has 144 valence electrons. The van der Waals surface area contributed by atoms with E-state index in [1.807, 2.05) is 30.3 Å². The fourth-order valence-electron chi connectivity index (χ4n) is 3.47. The molecule has 0 unspecified atom stereocenters. The molecule has 1 fully saturated rings. The third-order valence-electron chi connectivity index (χ3n) is 4.94. The van der Waals surface area contributed by atoms with Crippen LogP contribution < -0.4 is 10.5 Å². The van der Waals surface area contributed by atoms with Crippen molar-refractivity contribution < 1.29 is 18.1 Å². The number of primary sulfonamides is 1. The van der Waals surface area contributed by atoms with Crippen LogP contribution in [0.5, 0.6) is 0 Å². The van der Waals surface area contributed by atoms with E-state index in [1.165, 1.54) is 12.1 Å². The molecule has 9 heteroatoms. The number of nitro groups is 1. The SMILES string of the molecule is NS(=O)(=O)c1cccc(NCC2(c3ccccc3)CCOCC2)c1[N+](=O)[O-]. The largest absolute Gasteiger partial charge is 0.381 e. The van der Waals surface area contributed by atoms with Gasteiger partial charge in [-0.2, -0.15) is 0 Å². The van der Waals surface area contributed by atoms with Gasteiger partial charge in [-0.05, 0) is 30.5 Å². The van der Waals surface area contributed by atoms with Gasteiger partial charge < -0.3 is 10.1 Å². The highest BCUT2D eigenvalue weighted by Crippen LogP contribution is 2.37. The molecule has 8 nitrogen and oxygen atoms in total. The Labute approximate surface area is 157 Å². The van der Waals surface area contributed by atoms with E-state index >= 15 is 0 Å². The summed E-state index contributed by atoms with van der Waals surface area (Å²) >= 11 is 0. The monoisotopic (exact) mass is 391 g/mol. The van der Waals surface area contributed by atoms with E-state index in [2.05, 4.69) is 5.32 Å². The summed E-state index contributed by atoms with van der Waals surface area (Å²) in [6, 6.07) is 14.0. The molecule has 0 spiro atoms. The Kier molecular flexibility index (Phi) is 5.45. The maximum absolute atomic E-state index is 11.7. The molecule has 1 aliphatic heterocycles. The number of benzene rings is 2. The molecule has 0 aliphatic carbocycles. The normalized spacial score (nSPS) is 16.6. The zero-order valence-electron chi connectivity index (χ0n) is 14.6. The highest BCUT2D eigenvalue weighted by Gasteiger charge is 2.35. The molecule has 3 N–H and O–H groups in total. The summed E-state index contributed by atoms with van der Waals surface area (Å²) < 4.78 is 29.0. The molecule has 1 saturated heterocycles. The van der Waals surface area contributed by atoms with Gasteiger partial charge in [-0.3, -0.25) is 10.1 Å². The smallest absolute Gasteiger partial charge is 0.312 e. The molecule has 0 saturated carbocycles. The molecule has 3 rings (SSSR count). The molecule has 0 amide bonds. The van der Waals surface area contributed by atoms with Crippen molar-refractivity contribution in [3.05, 3.63) is 64.2 Å². The van der Waals surface area contributed by atoms with Crippen molar-refractivity contribution in [3.63, 3.8) is 0 Å². The van der Waals surface area contributed by atoms with Crippen molar-refractivity contribution in [2.24, 2.45) is 5.14 Å². The first-order chi connectivity index (χ1) is 12.8. The van der Waals surface area contributed by atoms with Gasteiger partial charge in [0.1, 0.15) is 5.69 Å².